The molecule has 23 heavy (non-hydrogen) atoms. The predicted octanol–water partition coefficient (Wildman–Crippen LogP) is 1.50. The number of carbonyl (C=O) groups is 3. The molecule has 1 aromatic rings. The van der Waals surface area contributed by atoms with Crippen LogP contribution in [0.4, 0.5) is 0 Å². The Balaban J connectivity index is 2.09. The number of furan rings is 1. The third-order valence-corrected chi connectivity index (χ3v) is 4.03. The molecule has 2 unspecified atom stereocenters. The first-order valence-electron chi connectivity index (χ1n) is 7.76. The van der Waals surface area contributed by atoms with E-state index in [1.165, 1.54) is 12.3 Å². The van der Waals surface area contributed by atoms with Gasteiger partial charge in [-0.3, -0.25) is 14.4 Å². The Morgan fingerprint density at radius 3 is 2.74 bits per heavy atom. The van der Waals surface area contributed by atoms with Crippen LogP contribution in [0, 0.1) is 5.92 Å². The molecule has 1 fully saturated rings. The van der Waals surface area contributed by atoms with Crippen LogP contribution in [0.3, 0.4) is 0 Å². The van der Waals surface area contributed by atoms with Crippen molar-refractivity contribution in [2.75, 3.05) is 6.54 Å². The lowest BCUT2D eigenvalue weighted by Crippen LogP contribution is -2.52. The number of carboxylic acid groups (broad SMARTS) is 1. The van der Waals surface area contributed by atoms with Crippen molar-refractivity contribution < 1.29 is 23.9 Å². The molecule has 7 nitrogen and oxygen atoms in total. The molecule has 1 aliphatic heterocycles. The molecule has 2 atom stereocenters. The molecule has 126 valence electrons. The number of rotatable bonds is 6. The van der Waals surface area contributed by atoms with Gasteiger partial charge in [-0.15, -0.1) is 0 Å². The van der Waals surface area contributed by atoms with Gasteiger partial charge in [-0.1, -0.05) is 13.8 Å². The Kier molecular flexibility index (Phi) is 5.41. The summed E-state index contributed by atoms with van der Waals surface area (Å²) in [4.78, 5) is 37.4. The van der Waals surface area contributed by atoms with E-state index in [0.717, 1.165) is 6.42 Å². The fraction of sp³-hybridized carbons (Fsp3) is 0.562. The zero-order chi connectivity index (χ0) is 17.0. The van der Waals surface area contributed by atoms with E-state index in [9.17, 15) is 14.4 Å². The van der Waals surface area contributed by atoms with Gasteiger partial charge in [0, 0.05) is 12.6 Å². The topological polar surface area (TPSA) is 99.9 Å². The van der Waals surface area contributed by atoms with E-state index in [4.69, 9.17) is 9.52 Å². The Hall–Kier alpha value is -2.31. The Morgan fingerprint density at radius 1 is 1.43 bits per heavy atom. The molecule has 1 aliphatic rings. The van der Waals surface area contributed by atoms with Gasteiger partial charge in [0.2, 0.25) is 5.91 Å². The van der Waals surface area contributed by atoms with Gasteiger partial charge >= 0.3 is 5.97 Å². The third-order valence-electron chi connectivity index (χ3n) is 4.03. The number of hydrogen-bond donors (Lipinski definition) is 2. The zero-order valence-electron chi connectivity index (χ0n) is 13.3. The summed E-state index contributed by atoms with van der Waals surface area (Å²) in [7, 11) is 0. The Labute approximate surface area is 134 Å². The fourth-order valence-corrected chi connectivity index (χ4v) is 2.85. The van der Waals surface area contributed by atoms with Crippen LogP contribution < -0.4 is 5.32 Å². The summed E-state index contributed by atoms with van der Waals surface area (Å²) in [5.41, 5.74) is 0. The number of aliphatic carboxylic acids is 1. The van der Waals surface area contributed by atoms with Crippen LogP contribution in [0.5, 0.6) is 0 Å². The SMILES string of the molecule is CC(C)C(NC(=O)c1ccco1)C(=O)N1CCCC1CC(=O)O. The first kappa shape index (κ1) is 17.1. The summed E-state index contributed by atoms with van der Waals surface area (Å²) in [6.07, 6.45) is 2.78. The number of likely N-dealkylation sites (tertiary alicyclic amines) is 1. The number of hydrogen-bond acceptors (Lipinski definition) is 4. The van der Waals surface area contributed by atoms with Gasteiger partial charge in [0.05, 0.1) is 12.7 Å². The Bertz CT molecular complexity index is 567. The molecule has 2 amide bonds. The summed E-state index contributed by atoms with van der Waals surface area (Å²) in [6, 6.07) is 2.12. The minimum absolute atomic E-state index is 0.0668. The first-order chi connectivity index (χ1) is 10.9. The number of carboxylic acids is 1. The maximum Gasteiger partial charge on any atom is 0.305 e. The summed E-state index contributed by atoms with van der Waals surface area (Å²) in [5.74, 6) is -1.57. The lowest BCUT2D eigenvalue weighted by molar-refractivity contribution is -0.140. The lowest BCUT2D eigenvalue weighted by atomic mass is 10.0. The maximum atomic E-state index is 12.8. The van der Waals surface area contributed by atoms with E-state index in [-0.39, 0.29) is 30.0 Å². The van der Waals surface area contributed by atoms with Crippen LogP contribution in [0.15, 0.2) is 22.8 Å². The lowest BCUT2D eigenvalue weighted by Gasteiger charge is -2.30. The second kappa shape index (κ2) is 7.30. The smallest absolute Gasteiger partial charge is 0.305 e. The summed E-state index contributed by atoms with van der Waals surface area (Å²) in [6.45, 7) is 4.21. The zero-order valence-corrected chi connectivity index (χ0v) is 13.3. The van der Waals surface area contributed by atoms with Crippen molar-refractivity contribution in [1.82, 2.24) is 10.2 Å². The van der Waals surface area contributed by atoms with Crippen LogP contribution in [-0.2, 0) is 9.59 Å². The molecule has 0 spiro atoms. The van der Waals surface area contributed by atoms with Gasteiger partial charge in [0.1, 0.15) is 6.04 Å². The number of carbonyl (C=O) groups excluding carboxylic acids is 2. The molecule has 7 heteroatoms. The number of nitrogens with zero attached hydrogens (tertiary/aromatic N) is 1. The molecular formula is C16H22N2O5. The van der Waals surface area contributed by atoms with Crippen LogP contribution in [-0.4, -0.2) is 46.4 Å². The molecular weight excluding hydrogens is 300 g/mol. The fourth-order valence-electron chi connectivity index (χ4n) is 2.85. The van der Waals surface area contributed by atoms with Crippen molar-refractivity contribution >= 4 is 17.8 Å². The second-order valence-electron chi connectivity index (χ2n) is 6.10. The van der Waals surface area contributed by atoms with Crippen molar-refractivity contribution in [3.8, 4) is 0 Å². The largest absolute Gasteiger partial charge is 0.481 e. The quantitative estimate of drug-likeness (QED) is 0.827. The van der Waals surface area contributed by atoms with Crippen LogP contribution in [0.25, 0.3) is 0 Å². The number of amides is 2. The highest BCUT2D eigenvalue weighted by atomic mass is 16.4. The molecule has 0 aromatic carbocycles. The van der Waals surface area contributed by atoms with Gasteiger partial charge in [-0.25, -0.2) is 0 Å². The molecule has 1 aromatic heterocycles. The van der Waals surface area contributed by atoms with Gasteiger partial charge in [0.25, 0.3) is 5.91 Å². The summed E-state index contributed by atoms with van der Waals surface area (Å²) in [5, 5.41) is 11.7. The van der Waals surface area contributed by atoms with E-state index in [1.807, 2.05) is 13.8 Å². The van der Waals surface area contributed by atoms with E-state index < -0.39 is 17.9 Å². The molecule has 0 aliphatic carbocycles. The normalized spacial score (nSPS) is 18.9. The highest BCUT2D eigenvalue weighted by Crippen LogP contribution is 2.22. The predicted molar refractivity (Wildman–Crippen MR) is 81.8 cm³/mol. The van der Waals surface area contributed by atoms with Crippen LogP contribution >= 0.6 is 0 Å². The van der Waals surface area contributed by atoms with Crippen LogP contribution in [0.2, 0.25) is 0 Å². The summed E-state index contributed by atoms with van der Waals surface area (Å²) >= 11 is 0. The van der Waals surface area contributed by atoms with Gasteiger partial charge < -0.3 is 19.7 Å². The van der Waals surface area contributed by atoms with E-state index in [1.54, 1.807) is 11.0 Å². The average Bonchev–Trinajstić information content (AvgIpc) is 3.13. The molecule has 2 heterocycles. The molecule has 2 N–H and O–H groups in total. The maximum absolute atomic E-state index is 12.8. The van der Waals surface area contributed by atoms with Gasteiger partial charge in [0.15, 0.2) is 5.76 Å². The highest BCUT2D eigenvalue weighted by molar-refractivity contribution is 5.95. The molecule has 0 saturated carbocycles. The van der Waals surface area contributed by atoms with Crippen LogP contribution in [0.1, 0.15) is 43.7 Å². The van der Waals surface area contributed by atoms with Crippen molar-refractivity contribution in [3.05, 3.63) is 24.2 Å². The average molecular weight is 322 g/mol. The first-order valence-corrected chi connectivity index (χ1v) is 7.76. The van der Waals surface area contributed by atoms with Crippen molar-refractivity contribution in [3.63, 3.8) is 0 Å². The van der Waals surface area contributed by atoms with Gasteiger partial charge in [-0.2, -0.15) is 0 Å². The van der Waals surface area contributed by atoms with E-state index >= 15 is 0 Å². The molecule has 0 radical (unpaired) electrons. The van der Waals surface area contributed by atoms with Crippen molar-refractivity contribution in [2.45, 2.75) is 45.2 Å². The minimum Gasteiger partial charge on any atom is -0.481 e. The van der Waals surface area contributed by atoms with Crippen molar-refractivity contribution in [1.29, 1.82) is 0 Å². The highest BCUT2D eigenvalue weighted by Gasteiger charge is 2.36. The number of nitrogens with one attached hydrogen (secondary N) is 1. The molecule has 1 saturated heterocycles. The Morgan fingerprint density at radius 2 is 2.17 bits per heavy atom. The van der Waals surface area contributed by atoms with Crippen molar-refractivity contribution in [2.24, 2.45) is 5.92 Å². The summed E-state index contributed by atoms with van der Waals surface area (Å²) < 4.78 is 5.04. The molecule has 2 rings (SSSR count). The monoisotopic (exact) mass is 322 g/mol. The van der Waals surface area contributed by atoms with E-state index in [0.29, 0.717) is 13.0 Å². The van der Waals surface area contributed by atoms with Gasteiger partial charge in [-0.05, 0) is 30.9 Å². The second-order valence-corrected chi connectivity index (χ2v) is 6.10. The minimum atomic E-state index is -0.921. The van der Waals surface area contributed by atoms with E-state index in [2.05, 4.69) is 5.32 Å². The molecule has 0 bridgehead atoms. The standard InChI is InChI=1S/C16H22N2O5/c1-10(2)14(17-15(21)12-6-4-8-23-12)16(22)18-7-3-5-11(18)9-13(19)20/h4,6,8,10-11,14H,3,5,7,9H2,1-2H3,(H,17,21)(H,19,20). The third kappa shape index (κ3) is 4.12.